The van der Waals surface area contributed by atoms with Crippen LogP contribution in [-0.4, -0.2) is 54.4 Å². The number of carbonyl (C=O) groups excluding carboxylic acids is 1. The molecule has 128 valence electrons. The average Bonchev–Trinajstić information content (AvgIpc) is 3.00. The fourth-order valence-corrected chi connectivity index (χ4v) is 3.03. The van der Waals surface area contributed by atoms with Crippen LogP contribution in [0.5, 0.6) is 11.5 Å². The lowest BCUT2D eigenvalue weighted by atomic mass is 10.1. The first-order chi connectivity index (χ1) is 11.6. The number of carbonyl (C=O) groups is 2. The van der Waals surface area contributed by atoms with E-state index in [4.69, 9.17) is 14.6 Å². The molecule has 1 aromatic rings. The van der Waals surface area contributed by atoms with E-state index in [9.17, 15) is 9.59 Å². The molecule has 1 N–H and O–H groups in total. The molecule has 24 heavy (non-hydrogen) atoms. The number of methoxy groups -OCH3 is 1. The van der Waals surface area contributed by atoms with Gasteiger partial charge in [-0.2, -0.15) is 0 Å². The normalized spacial score (nSPS) is 18.8. The molecule has 0 aromatic heterocycles. The summed E-state index contributed by atoms with van der Waals surface area (Å²) >= 11 is 0. The number of hydrogen-bond donors (Lipinski definition) is 1. The maximum absolute atomic E-state index is 12.7. The Labute approximate surface area is 139 Å². The summed E-state index contributed by atoms with van der Waals surface area (Å²) in [5.74, 6) is 0.0166. The summed E-state index contributed by atoms with van der Waals surface area (Å²) in [7, 11) is 1.51. The Hall–Kier alpha value is -2.57. The molecule has 2 aliphatic heterocycles. The van der Waals surface area contributed by atoms with E-state index >= 15 is 0 Å². The first kappa shape index (κ1) is 16.3. The van der Waals surface area contributed by atoms with E-state index in [1.807, 2.05) is 11.1 Å². The van der Waals surface area contributed by atoms with Crippen LogP contribution >= 0.6 is 0 Å². The summed E-state index contributed by atoms with van der Waals surface area (Å²) in [6, 6.07) is 3.39. The largest absolute Gasteiger partial charge is 0.493 e. The zero-order valence-electron chi connectivity index (χ0n) is 13.5. The van der Waals surface area contributed by atoms with E-state index in [0.717, 1.165) is 19.4 Å². The second-order valence-electron chi connectivity index (χ2n) is 5.85. The highest BCUT2D eigenvalue weighted by atomic mass is 16.5. The second kappa shape index (κ2) is 6.90. The number of hydrogen-bond acceptors (Lipinski definition) is 5. The Morgan fingerprint density at radius 2 is 2.25 bits per heavy atom. The van der Waals surface area contributed by atoms with Crippen LogP contribution in [0.4, 0.5) is 5.69 Å². The van der Waals surface area contributed by atoms with Gasteiger partial charge in [-0.1, -0.05) is 0 Å². The van der Waals surface area contributed by atoms with Crippen LogP contribution in [0.2, 0.25) is 0 Å². The van der Waals surface area contributed by atoms with Crippen molar-refractivity contribution in [1.29, 1.82) is 0 Å². The van der Waals surface area contributed by atoms with Gasteiger partial charge in [0.2, 0.25) is 0 Å². The quantitative estimate of drug-likeness (QED) is 0.807. The molecule has 2 aliphatic rings. The summed E-state index contributed by atoms with van der Waals surface area (Å²) in [5.41, 5.74) is 1.06. The lowest BCUT2D eigenvalue weighted by Gasteiger charge is -2.20. The number of carboxylic acids is 1. The molecule has 0 spiro atoms. The van der Waals surface area contributed by atoms with Crippen molar-refractivity contribution >= 4 is 23.8 Å². The number of amides is 1. The predicted octanol–water partition coefficient (Wildman–Crippen LogP) is 2.26. The summed E-state index contributed by atoms with van der Waals surface area (Å²) in [5, 5.41) is 8.67. The Balaban J connectivity index is 1.84. The molecule has 0 unspecified atom stereocenters. The summed E-state index contributed by atoms with van der Waals surface area (Å²) in [6.45, 7) is 0.999. The molecule has 1 atom stereocenters. The van der Waals surface area contributed by atoms with Gasteiger partial charge in [-0.15, -0.1) is 0 Å². The highest BCUT2D eigenvalue weighted by Gasteiger charge is 2.32. The fourth-order valence-electron chi connectivity index (χ4n) is 3.03. The number of benzene rings is 1. The number of ether oxygens (including phenoxy) is 2. The van der Waals surface area contributed by atoms with Crippen molar-refractivity contribution in [3.63, 3.8) is 0 Å². The van der Waals surface area contributed by atoms with E-state index in [0.29, 0.717) is 29.2 Å². The van der Waals surface area contributed by atoms with Gasteiger partial charge in [0.05, 0.1) is 31.0 Å². The van der Waals surface area contributed by atoms with Gasteiger partial charge in [0.15, 0.2) is 11.5 Å². The molecule has 0 radical (unpaired) electrons. The number of aliphatic imine (C=N–C) groups is 1. The van der Waals surface area contributed by atoms with Gasteiger partial charge in [-0.05, 0) is 25.3 Å². The standard InChI is InChI=1S/C17H20N2O5/c1-23-14-8-12-13(9-15(14)24-7-3-5-16(20)21)18-10-11-4-2-6-19(11)17(12)22/h8-11H,2-7H2,1H3,(H,20,21)/t11-/m0/s1. The van der Waals surface area contributed by atoms with Crippen LogP contribution in [0, 0.1) is 0 Å². The monoisotopic (exact) mass is 332 g/mol. The summed E-state index contributed by atoms with van der Waals surface area (Å²) < 4.78 is 11.0. The SMILES string of the molecule is COc1cc2c(cc1OCCCC(=O)O)N=C[C@@H]1CCCN1C2=O. The molecule has 1 saturated heterocycles. The Morgan fingerprint density at radius 3 is 3.00 bits per heavy atom. The molecule has 1 aromatic carbocycles. The number of carboxylic acid groups (broad SMARTS) is 1. The van der Waals surface area contributed by atoms with Crippen LogP contribution in [0.15, 0.2) is 17.1 Å². The highest BCUT2D eigenvalue weighted by molar-refractivity contribution is 6.03. The molecule has 0 bridgehead atoms. The first-order valence-electron chi connectivity index (χ1n) is 8.02. The number of rotatable bonds is 6. The minimum atomic E-state index is -0.858. The Bertz CT molecular complexity index is 686. The maximum atomic E-state index is 12.7. The fraction of sp³-hybridized carbons (Fsp3) is 0.471. The lowest BCUT2D eigenvalue weighted by Crippen LogP contribution is -2.35. The van der Waals surface area contributed by atoms with E-state index in [2.05, 4.69) is 4.99 Å². The van der Waals surface area contributed by atoms with Gasteiger partial charge >= 0.3 is 5.97 Å². The maximum Gasteiger partial charge on any atom is 0.303 e. The third-order valence-corrected chi connectivity index (χ3v) is 4.25. The molecular weight excluding hydrogens is 312 g/mol. The molecule has 0 saturated carbocycles. The Morgan fingerprint density at radius 1 is 1.42 bits per heavy atom. The van der Waals surface area contributed by atoms with Crippen molar-refractivity contribution in [2.45, 2.75) is 31.7 Å². The summed E-state index contributed by atoms with van der Waals surface area (Å²) in [6.07, 6.45) is 4.17. The van der Waals surface area contributed by atoms with Crippen molar-refractivity contribution < 1.29 is 24.2 Å². The number of fused-ring (bicyclic) bond motifs is 2. The molecule has 7 heteroatoms. The Kier molecular flexibility index (Phi) is 4.69. The van der Waals surface area contributed by atoms with E-state index < -0.39 is 5.97 Å². The zero-order valence-corrected chi connectivity index (χ0v) is 13.5. The minimum Gasteiger partial charge on any atom is -0.493 e. The minimum absolute atomic E-state index is 0.0410. The van der Waals surface area contributed by atoms with Gasteiger partial charge in [0, 0.05) is 25.2 Å². The van der Waals surface area contributed by atoms with Crippen LogP contribution in [0.3, 0.4) is 0 Å². The highest BCUT2D eigenvalue weighted by Crippen LogP contribution is 2.38. The third-order valence-electron chi connectivity index (χ3n) is 4.25. The van der Waals surface area contributed by atoms with E-state index in [1.165, 1.54) is 7.11 Å². The first-order valence-corrected chi connectivity index (χ1v) is 8.02. The molecule has 2 heterocycles. The number of aliphatic carboxylic acids is 1. The molecule has 1 amide bonds. The van der Waals surface area contributed by atoms with Crippen molar-refractivity contribution in [1.82, 2.24) is 4.90 Å². The third kappa shape index (κ3) is 3.20. The average molecular weight is 332 g/mol. The predicted molar refractivity (Wildman–Crippen MR) is 87.6 cm³/mol. The molecule has 7 nitrogen and oxygen atoms in total. The van der Waals surface area contributed by atoms with Gasteiger partial charge in [0.1, 0.15) is 0 Å². The van der Waals surface area contributed by atoms with Gasteiger partial charge in [-0.3, -0.25) is 14.6 Å². The molecule has 3 rings (SSSR count). The van der Waals surface area contributed by atoms with Crippen molar-refractivity contribution in [2.75, 3.05) is 20.3 Å². The second-order valence-corrected chi connectivity index (χ2v) is 5.85. The number of nitrogens with zero attached hydrogens (tertiary/aromatic N) is 2. The van der Waals surface area contributed by atoms with Gasteiger partial charge in [-0.25, -0.2) is 0 Å². The van der Waals surface area contributed by atoms with Crippen LogP contribution in [0.25, 0.3) is 0 Å². The molecule has 1 fully saturated rings. The molecule has 0 aliphatic carbocycles. The van der Waals surface area contributed by atoms with Crippen LogP contribution in [0.1, 0.15) is 36.0 Å². The lowest BCUT2D eigenvalue weighted by molar-refractivity contribution is -0.137. The van der Waals surface area contributed by atoms with Gasteiger partial charge < -0.3 is 19.5 Å². The van der Waals surface area contributed by atoms with Crippen LogP contribution < -0.4 is 9.47 Å². The smallest absolute Gasteiger partial charge is 0.303 e. The van der Waals surface area contributed by atoms with Crippen LogP contribution in [-0.2, 0) is 4.79 Å². The van der Waals surface area contributed by atoms with E-state index in [1.54, 1.807) is 12.1 Å². The van der Waals surface area contributed by atoms with Crippen molar-refractivity contribution in [2.24, 2.45) is 4.99 Å². The van der Waals surface area contributed by atoms with Crippen molar-refractivity contribution in [3.05, 3.63) is 17.7 Å². The topological polar surface area (TPSA) is 88.4 Å². The zero-order chi connectivity index (χ0) is 17.1. The van der Waals surface area contributed by atoms with Crippen molar-refractivity contribution in [3.8, 4) is 11.5 Å². The van der Waals surface area contributed by atoms with Gasteiger partial charge in [0.25, 0.3) is 5.91 Å². The van der Waals surface area contributed by atoms with E-state index in [-0.39, 0.29) is 25.0 Å². The summed E-state index contributed by atoms with van der Waals surface area (Å²) in [4.78, 5) is 29.6. The molecular formula is C17H20N2O5.